The summed E-state index contributed by atoms with van der Waals surface area (Å²) in [6, 6.07) is 0. The summed E-state index contributed by atoms with van der Waals surface area (Å²) < 4.78 is 0. The van der Waals surface area contributed by atoms with Gasteiger partial charge < -0.3 is 0 Å². The van der Waals surface area contributed by atoms with E-state index < -0.39 is 0 Å². The van der Waals surface area contributed by atoms with Crippen LogP contribution in [-0.2, 0) is 0 Å². The van der Waals surface area contributed by atoms with Crippen LogP contribution in [0.15, 0.2) is 0 Å². The molecule has 0 unspecified atom stereocenters. The largest absolute Gasteiger partial charge is 0.179 e. The highest BCUT2D eigenvalue weighted by Gasteiger charge is 1.90. The third-order valence-electron chi connectivity index (χ3n) is 1.26. The van der Waals surface area contributed by atoms with Crippen molar-refractivity contribution in [3.05, 3.63) is 0 Å². The van der Waals surface area contributed by atoms with E-state index in [1.807, 2.05) is 11.8 Å². The Morgan fingerprint density at radius 1 is 0.667 bits per heavy atom. The number of hydrogen-bond acceptors (Lipinski definition) is 4. The molecule has 12 heavy (non-hydrogen) atoms. The van der Waals surface area contributed by atoms with Crippen LogP contribution >= 0.6 is 48.8 Å². The van der Waals surface area contributed by atoms with E-state index in [4.69, 9.17) is 0 Å². The molecule has 0 radical (unpaired) electrons. The molecule has 0 nitrogen and oxygen atoms in total. The van der Waals surface area contributed by atoms with E-state index in [2.05, 4.69) is 37.0 Å². The van der Waals surface area contributed by atoms with E-state index in [1.165, 1.54) is 35.9 Å². The maximum Gasteiger partial charge on any atom is 0.00210 e. The van der Waals surface area contributed by atoms with Gasteiger partial charge in [0.15, 0.2) is 0 Å². The fourth-order valence-electron chi connectivity index (χ4n) is 0.698. The van der Waals surface area contributed by atoms with Gasteiger partial charge in [-0.2, -0.15) is 48.8 Å². The van der Waals surface area contributed by atoms with Crippen molar-refractivity contribution in [1.82, 2.24) is 0 Å². The Balaban J connectivity index is 2.73. The van der Waals surface area contributed by atoms with Gasteiger partial charge in [-0.15, -0.1) is 0 Å². The molecule has 0 amide bonds. The molecule has 0 spiro atoms. The first-order valence-corrected chi connectivity index (χ1v) is 7.86. The first-order valence-electron chi connectivity index (χ1n) is 4.29. The molecule has 0 rings (SSSR count). The van der Waals surface area contributed by atoms with Crippen molar-refractivity contribution in [1.29, 1.82) is 0 Å². The maximum absolute atomic E-state index is 4.17. The smallest absolute Gasteiger partial charge is 0.00210 e. The monoisotopic (exact) mass is 242 g/mol. The van der Waals surface area contributed by atoms with Crippen LogP contribution < -0.4 is 0 Å². The summed E-state index contributed by atoms with van der Waals surface area (Å²) in [6.07, 6.45) is 2.59. The van der Waals surface area contributed by atoms with Crippen LogP contribution in [0.2, 0.25) is 0 Å². The number of thiol groups is 2. The molecule has 0 atom stereocenters. The average molecular weight is 242 g/mol. The summed E-state index contributed by atoms with van der Waals surface area (Å²) in [5, 5.41) is 0. The molecule has 0 saturated carbocycles. The second-order valence-electron chi connectivity index (χ2n) is 2.38. The van der Waals surface area contributed by atoms with Gasteiger partial charge in [0.2, 0.25) is 0 Å². The molecule has 0 bridgehead atoms. The molecule has 0 aromatic rings. The lowest BCUT2D eigenvalue weighted by molar-refractivity contribution is 1.09. The van der Waals surface area contributed by atoms with Gasteiger partial charge in [-0.3, -0.25) is 0 Å². The minimum absolute atomic E-state index is 1.01. The van der Waals surface area contributed by atoms with E-state index in [-0.39, 0.29) is 0 Å². The lowest BCUT2D eigenvalue weighted by Crippen LogP contribution is -1.89. The lowest BCUT2D eigenvalue weighted by atomic mass is 10.6. The zero-order chi connectivity index (χ0) is 9.07. The van der Waals surface area contributed by atoms with Crippen LogP contribution in [0, 0.1) is 0 Å². The topological polar surface area (TPSA) is 0 Å². The Morgan fingerprint density at radius 3 is 1.83 bits per heavy atom. The van der Waals surface area contributed by atoms with Crippen LogP contribution in [0.4, 0.5) is 0 Å². The van der Waals surface area contributed by atoms with Crippen molar-refractivity contribution in [3.8, 4) is 0 Å². The second-order valence-corrected chi connectivity index (χ2v) is 5.72. The summed E-state index contributed by atoms with van der Waals surface area (Å²) in [5.41, 5.74) is 0. The number of rotatable bonds is 9. The van der Waals surface area contributed by atoms with Gasteiger partial charge in [-0.1, -0.05) is 0 Å². The van der Waals surface area contributed by atoms with E-state index in [9.17, 15) is 0 Å². The van der Waals surface area contributed by atoms with Gasteiger partial charge in [-0.05, 0) is 41.6 Å². The molecule has 0 N–H and O–H groups in total. The van der Waals surface area contributed by atoms with Crippen LogP contribution in [0.5, 0.6) is 0 Å². The summed E-state index contributed by atoms with van der Waals surface area (Å²) >= 11 is 12.4. The first-order chi connectivity index (χ1) is 5.91. The molecule has 0 heterocycles. The number of hydrogen-bond donors (Lipinski definition) is 2. The van der Waals surface area contributed by atoms with Crippen molar-refractivity contribution >= 4 is 48.8 Å². The van der Waals surface area contributed by atoms with Crippen LogP contribution in [0.25, 0.3) is 0 Å². The highest BCUT2D eigenvalue weighted by atomic mass is 32.2. The van der Waals surface area contributed by atoms with Crippen LogP contribution in [0.1, 0.15) is 12.8 Å². The maximum atomic E-state index is 4.17. The highest BCUT2D eigenvalue weighted by Crippen LogP contribution is 2.09. The molecule has 0 fully saturated rings. The predicted octanol–water partition coefficient (Wildman–Crippen LogP) is 3.09. The predicted molar refractivity (Wildman–Crippen MR) is 71.6 cm³/mol. The Labute approximate surface area is 95.9 Å². The molecule has 4 heteroatoms. The van der Waals surface area contributed by atoms with E-state index in [0.717, 1.165) is 11.5 Å². The van der Waals surface area contributed by atoms with Gasteiger partial charge in [0.05, 0.1) is 0 Å². The second kappa shape index (κ2) is 12.4. The fraction of sp³-hybridized carbons (Fsp3) is 1.00. The normalized spacial score (nSPS) is 10.5. The van der Waals surface area contributed by atoms with Crippen LogP contribution in [0.3, 0.4) is 0 Å². The highest BCUT2D eigenvalue weighted by molar-refractivity contribution is 8.00. The zero-order valence-corrected chi connectivity index (χ0v) is 10.8. The Morgan fingerprint density at radius 2 is 1.25 bits per heavy atom. The van der Waals surface area contributed by atoms with Crippen molar-refractivity contribution in [2.75, 3.05) is 34.5 Å². The SMILES string of the molecule is SCCCSCCCSCCS. The van der Waals surface area contributed by atoms with E-state index in [0.29, 0.717) is 0 Å². The molecule has 0 aromatic carbocycles. The molecular weight excluding hydrogens is 224 g/mol. The van der Waals surface area contributed by atoms with Crippen molar-refractivity contribution in [2.45, 2.75) is 12.8 Å². The lowest BCUT2D eigenvalue weighted by Gasteiger charge is -1.99. The van der Waals surface area contributed by atoms with Gasteiger partial charge in [0, 0.05) is 5.75 Å². The molecule has 74 valence electrons. The summed E-state index contributed by atoms with van der Waals surface area (Å²) in [6.45, 7) is 0. The summed E-state index contributed by atoms with van der Waals surface area (Å²) in [5.74, 6) is 7.13. The average Bonchev–Trinajstić information content (AvgIpc) is 2.10. The van der Waals surface area contributed by atoms with Crippen LogP contribution in [-0.4, -0.2) is 34.5 Å². The minimum atomic E-state index is 1.01. The molecule has 0 aliphatic heterocycles. The molecule has 0 aromatic heterocycles. The van der Waals surface area contributed by atoms with Crippen molar-refractivity contribution in [2.24, 2.45) is 0 Å². The van der Waals surface area contributed by atoms with Gasteiger partial charge >= 0.3 is 0 Å². The molecule has 0 aliphatic rings. The van der Waals surface area contributed by atoms with E-state index in [1.54, 1.807) is 0 Å². The quantitative estimate of drug-likeness (QED) is 0.471. The number of thioether (sulfide) groups is 2. The Kier molecular flexibility index (Phi) is 13.8. The third kappa shape index (κ3) is 11.4. The Bertz CT molecular complexity index is 67.5. The van der Waals surface area contributed by atoms with Gasteiger partial charge in [0.25, 0.3) is 0 Å². The zero-order valence-electron chi connectivity index (χ0n) is 7.37. The van der Waals surface area contributed by atoms with Gasteiger partial charge in [0.1, 0.15) is 0 Å². The minimum Gasteiger partial charge on any atom is -0.179 e. The summed E-state index contributed by atoms with van der Waals surface area (Å²) in [4.78, 5) is 0. The molecule has 0 aliphatic carbocycles. The standard InChI is InChI=1S/C8H18S4/c9-3-1-5-11-6-2-7-12-8-4-10/h9-10H,1-8H2. The van der Waals surface area contributed by atoms with Crippen molar-refractivity contribution < 1.29 is 0 Å². The third-order valence-corrected chi connectivity index (χ3v) is 4.33. The van der Waals surface area contributed by atoms with Gasteiger partial charge in [-0.25, -0.2) is 0 Å². The molecule has 0 saturated heterocycles. The Hall–Kier alpha value is 1.40. The molecular formula is C8H18S4. The van der Waals surface area contributed by atoms with E-state index >= 15 is 0 Å². The fourth-order valence-corrected chi connectivity index (χ4v) is 3.22. The summed E-state index contributed by atoms with van der Waals surface area (Å²) in [7, 11) is 0. The first kappa shape index (κ1) is 13.4. The van der Waals surface area contributed by atoms with Crippen molar-refractivity contribution in [3.63, 3.8) is 0 Å².